The van der Waals surface area contributed by atoms with Crippen molar-refractivity contribution in [2.24, 2.45) is 5.73 Å². The van der Waals surface area contributed by atoms with Crippen molar-refractivity contribution in [1.82, 2.24) is 4.90 Å². The summed E-state index contributed by atoms with van der Waals surface area (Å²) in [4.78, 5) is 14.2. The Morgan fingerprint density at radius 3 is 2.77 bits per heavy atom. The summed E-state index contributed by atoms with van der Waals surface area (Å²) in [6.07, 6.45) is 1.90. The van der Waals surface area contributed by atoms with Crippen LogP contribution in [0.3, 0.4) is 0 Å². The van der Waals surface area contributed by atoms with E-state index in [2.05, 4.69) is 0 Å². The monoisotopic (exact) mass is 340 g/mol. The van der Waals surface area contributed by atoms with E-state index in [0.29, 0.717) is 23.1 Å². The predicted octanol–water partition coefficient (Wildman–Crippen LogP) is 3.59. The van der Waals surface area contributed by atoms with Crippen LogP contribution in [0.15, 0.2) is 40.8 Å². The number of nitrogens with zero attached hydrogens (tertiary/aromatic N) is 1. The molecular formula is C16H18Cl2N2O2. The Morgan fingerprint density at radius 1 is 1.27 bits per heavy atom. The lowest BCUT2D eigenvalue weighted by Crippen LogP contribution is -2.45. The minimum absolute atomic E-state index is 0. The molecule has 1 atom stereocenters. The second-order valence-corrected chi connectivity index (χ2v) is 5.70. The molecule has 6 heteroatoms. The number of carbonyl (C=O) groups is 1. The van der Waals surface area contributed by atoms with Crippen LogP contribution >= 0.6 is 24.0 Å². The first-order valence-electron chi connectivity index (χ1n) is 7.05. The molecule has 0 saturated carbocycles. The van der Waals surface area contributed by atoms with Crippen LogP contribution in [0.25, 0.3) is 11.3 Å². The summed E-state index contributed by atoms with van der Waals surface area (Å²) in [6, 6.07) is 10.9. The van der Waals surface area contributed by atoms with Crippen molar-refractivity contribution >= 4 is 29.9 Å². The van der Waals surface area contributed by atoms with E-state index in [1.165, 1.54) is 0 Å². The first-order valence-corrected chi connectivity index (χ1v) is 7.42. The van der Waals surface area contributed by atoms with Crippen molar-refractivity contribution in [3.05, 3.63) is 47.2 Å². The van der Waals surface area contributed by atoms with Gasteiger partial charge in [0.15, 0.2) is 5.76 Å². The molecule has 118 valence electrons. The van der Waals surface area contributed by atoms with E-state index < -0.39 is 0 Å². The number of carbonyl (C=O) groups excluding carboxylic acids is 1. The van der Waals surface area contributed by atoms with Crippen LogP contribution in [0.2, 0.25) is 5.02 Å². The molecular weight excluding hydrogens is 323 g/mol. The maximum absolute atomic E-state index is 12.4. The number of benzene rings is 1. The van der Waals surface area contributed by atoms with E-state index in [1.54, 1.807) is 23.1 Å². The van der Waals surface area contributed by atoms with Crippen molar-refractivity contribution in [2.75, 3.05) is 13.1 Å². The Bertz CT molecular complexity index is 657. The molecule has 1 fully saturated rings. The summed E-state index contributed by atoms with van der Waals surface area (Å²) < 4.78 is 5.68. The number of piperidine rings is 1. The van der Waals surface area contributed by atoms with Gasteiger partial charge in [0, 0.05) is 24.7 Å². The molecule has 2 N–H and O–H groups in total. The van der Waals surface area contributed by atoms with Gasteiger partial charge in [-0.05, 0) is 37.1 Å². The molecule has 0 aliphatic carbocycles. The quantitative estimate of drug-likeness (QED) is 0.908. The van der Waals surface area contributed by atoms with Gasteiger partial charge in [-0.25, -0.2) is 0 Å². The largest absolute Gasteiger partial charge is 0.451 e. The van der Waals surface area contributed by atoms with Crippen LogP contribution in [0.4, 0.5) is 0 Å². The number of likely N-dealkylation sites (tertiary alicyclic amines) is 1. The Hall–Kier alpha value is -1.49. The van der Waals surface area contributed by atoms with E-state index in [-0.39, 0.29) is 24.4 Å². The summed E-state index contributed by atoms with van der Waals surface area (Å²) in [5.41, 5.74) is 6.70. The Morgan fingerprint density at radius 2 is 2.05 bits per heavy atom. The average molecular weight is 341 g/mol. The van der Waals surface area contributed by atoms with Crippen molar-refractivity contribution in [2.45, 2.75) is 18.9 Å². The van der Waals surface area contributed by atoms with Gasteiger partial charge in [-0.3, -0.25) is 4.79 Å². The van der Waals surface area contributed by atoms with E-state index >= 15 is 0 Å². The van der Waals surface area contributed by atoms with Crippen LogP contribution in [0.1, 0.15) is 23.4 Å². The van der Waals surface area contributed by atoms with Crippen molar-refractivity contribution in [3.8, 4) is 11.3 Å². The lowest BCUT2D eigenvalue weighted by atomic mass is 10.1. The fourth-order valence-corrected chi connectivity index (χ4v) is 2.84. The number of hydrogen-bond donors (Lipinski definition) is 1. The van der Waals surface area contributed by atoms with Gasteiger partial charge in [-0.2, -0.15) is 0 Å². The molecule has 22 heavy (non-hydrogen) atoms. The standard InChI is InChI=1S/C16H17ClN2O2.ClH/c17-13-6-2-1-5-12(13)14-7-8-15(21-14)16(20)19-9-3-4-11(18)10-19;/h1-2,5-8,11H,3-4,9-10,18H2;1H. The predicted molar refractivity (Wildman–Crippen MR) is 89.5 cm³/mol. The third-order valence-electron chi connectivity index (χ3n) is 3.70. The minimum atomic E-state index is -0.108. The third-order valence-corrected chi connectivity index (χ3v) is 4.03. The summed E-state index contributed by atoms with van der Waals surface area (Å²) in [7, 11) is 0. The zero-order valence-corrected chi connectivity index (χ0v) is 13.6. The first kappa shape index (κ1) is 16.9. The summed E-state index contributed by atoms with van der Waals surface area (Å²) in [5, 5.41) is 0.603. The molecule has 2 heterocycles. The van der Waals surface area contributed by atoms with Crippen LogP contribution in [0, 0.1) is 0 Å². The molecule has 1 unspecified atom stereocenters. The summed E-state index contributed by atoms with van der Waals surface area (Å²) in [6.45, 7) is 1.32. The number of halogens is 2. The third kappa shape index (κ3) is 3.46. The average Bonchev–Trinajstić information content (AvgIpc) is 2.96. The molecule has 2 aromatic rings. The molecule has 1 aromatic heterocycles. The van der Waals surface area contributed by atoms with Crippen LogP contribution in [-0.2, 0) is 0 Å². The van der Waals surface area contributed by atoms with Gasteiger partial charge in [-0.1, -0.05) is 23.7 Å². The van der Waals surface area contributed by atoms with Gasteiger partial charge in [0.1, 0.15) is 5.76 Å². The normalized spacial score (nSPS) is 17.9. The highest BCUT2D eigenvalue weighted by Gasteiger charge is 2.24. The maximum atomic E-state index is 12.4. The summed E-state index contributed by atoms with van der Waals surface area (Å²) >= 11 is 6.14. The molecule has 1 amide bonds. The number of nitrogens with two attached hydrogens (primary N) is 1. The van der Waals surface area contributed by atoms with Gasteiger partial charge in [-0.15, -0.1) is 12.4 Å². The van der Waals surface area contributed by atoms with E-state index in [4.69, 9.17) is 21.8 Å². The molecule has 1 saturated heterocycles. The lowest BCUT2D eigenvalue weighted by molar-refractivity contribution is 0.0677. The number of amides is 1. The number of rotatable bonds is 2. The molecule has 4 nitrogen and oxygen atoms in total. The van der Waals surface area contributed by atoms with Crippen molar-refractivity contribution in [1.29, 1.82) is 0 Å². The first-order chi connectivity index (χ1) is 10.1. The Kier molecular flexibility index (Phi) is 5.51. The minimum Gasteiger partial charge on any atom is -0.451 e. The Labute approximate surface area is 140 Å². The van der Waals surface area contributed by atoms with Gasteiger partial charge < -0.3 is 15.1 Å². The molecule has 0 bridgehead atoms. The van der Waals surface area contributed by atoms with E-state index in [1.807, 2.05) is 18.2 Å². The van der Waals surface area contributed by atoms with Gasteiger partial charge >= 0.3 is 0 Å². The van der Waals surface area contributed by atoms with Crippen LogP contribution in [0.5, 0.6) is 0 Å². The topological polar surface area (TPSA) is 59.5 Å². The smallest absolute Gasteiger partial charge is 0.289 e. The molecule has 3 rings (SSSR count). The molecule has 1 aromatic carbocycles. The summed E-state index contributed by atoms with van der Waals surface area (Å²) in [5.74, 6) is 0.827. The zero-order valence-electron chi connectivity index (χ0n) is 12.0. The maximum Gasteiger partial charge on any atom is 0.289 e. The molecule has 1 aliphatic heterocycles. The molecule has 1 aliphatic rings. The van der Waals surface area contributed by atoms with Gasteiger partial charge in [0.2, 0.25) is 0 Å². The van der Waals surface area contributed by atoms with Crippen LogP contribution < -0.4 is 5.73 Å². The highest BCUT2D eigenvalue weighted by molar-refractivity contribution is 6.33. The zero-order chi connectivity index (χ0) is 14.8. The molecule has 0 radical (unpaired) electrons. The van der Waals surface area contributed by atoms with Crippen molar-refractivity contribution in [3.63, 3.8) is 0 Å². The molecule has 0 spiro atoms. The fourth-order valence-electron chi connectivity index (χ4n) is 2.61. The highest BCUT2D eigenvalue weighted by Crippen LogP contribution is 2.29. The van der Waals surface area contributed by atoms with E-state index in [0.717, 1.165) is 24.9 Å². The fraction of sp³-hybridized carbons (Fsp3) is 0.312. The second-order valence-electron chi connectivity index (χ2n) is 5.30. The Balaban J connectivity index is 0.00000176. The van der Waals surface area contributed by atoms with E-state index in [9.17, 15) is 4.79 Å². The second kappa shape index (κ2) is 7.18. The highest BCUT2D eigenvalue weighted by atomic mass is 35.5. The number of hydrogen-bond acceptors (Lipinski definition) is 3. The van der Waals surface area contributed by atoms with Gasteiger partial charge in [0.05, 0.1) is 5.02 Å². The van der Waals surface area contributed by atoms with Crippen LogP contribution in [-0.4, -0.2) is 29.9 Å². The van der Waals surface area contributed by atoms with Gasteiger partial charge in [0.25, 0.3) is 5.91 Å². The number of furan rings is 1. The lowest BCUT2D eigenvalue weighted by Gasteiger charge is -2.30. The van der Waals surface area contributed by atoms with Crippen molar-refractivity contribution < 1.29 is 9.21 Å². The SMILES string of the molecule is Cl.NC1CCCN(C(=O)c2ccc(-c3ccccc3Cl)o2)C1.